The number of nitriles is 2. The minimum absolute atomic E-state index is 0.00240. The van der Waals surface area contributed by atoms with Crippen LogP contribution in [0.1, 0.15) is 59.6 Å². The maximum atomic E-state index is 12.6. The number of nitrogens with zero attached hydrogens (tertiary/aromatic N) is 2. The molecule has 0 atom stereocenters. The number of thiophene rings is 1. The van der Waals surface area contributed by atoms with Gasteiger partial charge in [0.2, 0.25) is 0 Å². The summed E-state index contributed by atoms with van der Waals surface area (Å²) in [5.74, 6) is -0.273. The fraction of sp³-hybridized carbons (Fsp3) is 0.350. The summed E-state index contributed by atoms with van der Waals surface area (Å²) in [6, 6.07) is 10.8. The summed E-state index contributed by atoms with van der Waals surface area (Å²) in [6.07, 6.45) is 0.790. The second-order valence-corrected chi connectivity index (χ2v) is 8.92. The van der Waals surface area contributed by atoms with Gasteiger partial charge in [-0.1, -0.05) is 0 Å². The Labute approximate surface area is 157 Å². The molecule has 26 heavy (non-hydrogen) atoms. The molecule has 0 bridgehead atoms. The van der Waals surface area contributed by atoms with Crippen molar-refractivity contribution in [2.45, 2.75) is 45.2 Å². The van der Waals surface area contributed by atoms with Crippen LogP contribution in [0.4, 0.5) is 5.00 Å². The Balaban J connectivity index is 1.97. The molecule has 0 spiro atoms. The summed E-state index contributed by atoms with van der Waals surface area (Å²) >= 11 is 1.49. The number of nitrogens with one attached hydrogen (secondary N) is 1. The van der Waals surface area contributed by atoms with Crippen LogP contribution in [0, 0.1) is 22.7 Å². The molecule has 1 aliphatic heterocycles. The Morgan fingerprint density at radius 3 is 2.38 bits per heavy atom. The van der Waals surface area contributed by atoms with Crippen molar-refractivity contribution < 1.29 is 10.1 Å². The summed E-state index contributed by atoms with van der Waals surface area (Å²) in [5.41, 5.74) is 2.43. The minimum atomic E-state index is -0.273. The second kappa shape index (κ2) is 6.25. The summed E-state index contributed by atoms with van der Waals surface area (Å²) in [7, 11) is 0. The van der Waals surface area contributed by atoms with Crippen LogP contribution in [0.5, 0.6) is 0 Å². The number of fused-ring (bicyclic) bond motifs is 1. The lowest BCUT2D eigenvalue weighted by Crippen LogP contribution is -3.03. The molecule has 0 aliphatic carbocycles. The fourth-order valence-electron chi connectivity index (χ4n) is 3.78. The smallest absolute Gasteiger partial charge is 0.256 e. The third-order valence-corrected chi connectivity index (χ3v) is 6.08. The van der Waals surface area contributed by atoms with Crippen molar-refractivity contribution in [3.63, 3.8) is 0 Å². The van der Waals surface area contributed by atoms with Crippen LogP contribution < -0.4 is 10.6 Å². The molecule has 0 saturated heterocycles. The maximum Gasteiger partial charge on any atom is 0.256 e. The van der Waals surface area contributed by atoms with E-state index >= 15 is 0 Å². The SMILES string of the molecule is CC1(C)Cc2c(sc(NC(=O)c3ccc(C#N)cc3)c2C#N)C(C)(C)[NH2+]1. The van der Waals surface area contributed by atoms with E-state index in [-0.39, 0.29) is 17.0 Å². The lowest BCUT2D eigenvalue weighted by atomic mass is 9.81. The Kier molecular flexibility index (Phi) is 4.36. The number of nitrogens with two attached hydrogens (primary N) is 1. The first-order valence-electron chi connectivity index (χ1n) is 8.42. The number of anilines is 1. The molecule has 1 aromatic carbocycles. The van der Waals surface area contributed by atoms with E-state index in [1.54, 1.807) is 24.3 Å². The van der Waals surface area contributed by atoms with Crippen molar-refractivity contribution in [3.8, 4) is 12.1 Å². The number of carbonyl (C=O) groups is 1. The molecule has 1 amide bonds. The van der Waals surface area contributed by atoms with Crippen molar-refractivity contribution in [1.29, 1.82) is 10.5 Å². The molecule has 0 fully saturated rings. The average Bonchev–Trinajstić information content (AvgIpc) is 2.91. The molecule has 0 saturated carbocycles. The van der Waals surface area contributed by atoms with Crippen LogP contribution >= 0.6 is 11.3 Å². The molecular weight excluding hydrogens is 344 g/mol. The van der Waals surface area contributed by atoms with Crippen molar-refractivity contribution in [1.82, 2.24) is 0 Å². The molecule has 3 N–H and O–H groups in total. The van der Waals surface area contributed by atoms with E-state index < -0.39 is 0 Å². The largest absolute Gasteiger partial charge is 0.333 e. The summed E-state index contributed by atoms with van der Waals surface area (Å²) < 4.78 is 0. The van der Waals surface area contributed by atoms with E-state index in [1.165, 1.54) is 11.3 Å². The highest BCUT2D eigenvalue weighted by molar-refractivity contribution is 7.16. The van der Waals surface area contributed by atoms with Crippen LogP contribution in [0.25, 0.3) is 0 Å². The number of rotatable bonds is 2. The first-order chi connectivity index (χ1) is 12.2. The summed E-state index contributed by atoms with van der Waals surface area (Å²) in [6.45, 7) is 8.64. The van der Waals surface area contributed by atoms with Gasteiger partial charge in [-0.2, -0.15) is 10.5 Å². The van der Waals surface area contributed by atoms with Crippen LogP contribution in [-0.2, 0) is 12.0 Å². The van der Waals surface area contributed by atoms with Crippen molar-refractivity contribution in [2.24, 2.45) is 0 Å². The molecule has 132 valence electrons. The van der Waals surface area contributed by atoms with Crippen LogP contribution in [-0.4, -0.2) is 11.4 Å². The van der Waals surface area contributed by atoms with Crippen LogP contribution in [0.3, 0.4) is 0 Å². The van der Waals surface area contributed by atoms with Gasteiger partial charge in [0.15, 0.2) is 0 Å². The molecular formula is C20H21N4OS+. The number of hydrogen-bond acceptors (Lipinski definition) is 4. The van der Waals surface area contributed by atoms with Gasteiger partial charge >= 0.3 is 0 Å². The standard InChI is InChI=1S/C20H20N4OS/c1-19(2)9-14-15(11-22)18(26-16(14)20(3,4)24-19)23-17(25)13-7-5-12(10-21)6-8-13/h5-8,24H,9H2,1-4H3,(H,23,25)/p+1. The van der Waals surface area contributed by atoms with Gasteiger partial charge in [-0.3, -0.25) is 4.79 Å². The number of amides is 1. The molecule has 5 nitrogen and oxygen atoms in total. The van der Waals surface area contributed by atoms with Gasteiger partial charge in [0.25, 0.3) is 5.91 Å². The van der Waals surface area contributed by atoms with Gasteiger partial charge in [0.1, 0.15) is 16.6 Å². The van der Waals surface area contributed by atoms with Crippen molar-refractivity contribution in [2.75, 3.05) is 5.32 Å². The monoisotopic (exact) mass is 365 g/mol. The molecule has 2 aromatic rings. The van der Waals surface area contributed by atoms with Gasteiger partial charge in [0, 0.05) is 12.0 Å². The number of hydrogen-bond donors (Lipinski definition) is 2. The Morgan fingerprint density at radius 1 is 1.15 bits per heavy atom. The lowest BCUT2D eigenvalue weighted by Gasteiger charge is -2.38. The topological polar surface area (TPSA) is 93.3 Å². The number of carbonyl (C=O) groups excluding carboxylic acids is 1. The summed E-state index contributed by atoms with van der Waals surface area (Å²) in [5, 5.41) is 24.4. The predicted octanol–water partition coefficient (Wildman–Crippen LogP) is 2.88. The van der Waals surface area contributed by atoms with E-state index in [0.717, 1.165) is 16.9 Å². The highest BCUT2D eigenvalue weighted by Gasteiger charge is 2.44. The second-order valence-electron chi connectivity index (χ2n) is 7.90. The minimum Gasteiger partial charge on any atom is -0.333 e. The van der Waals surface area contributed by atoms with E-state index in [2.05, 4.69) is 44.4 Å². The zero-order chi connectivity index (χ0) is 19.1. The number of benzene rings is 1. The highest BCUT2D eigenvalue weighted by Crippen LogP contribution is 2.41. The Bertz CT molecular complexity index is 955. The van der Waals surface area contributed by atoms with E-state index in [1.807, 2.05) is 6.07 Å². The third kappa shape index (κ3) is 3.22. The maximum absolute atomic E-state index is 12.6. The van der Waals surface area contributed by atoms with E-state index in [9.17, 15) is 10.1 Å². The van der Waals surface area contributed by atoms with Gasteiger partial charge in [0.05, 0.1) is 27.6 Å². The van der Waals surface area contributed by atoms with E-state index in [4.69, 9.17) is 5.26 Å². The van der Waals surface area contributed by atoms with Gasteiger partial charge < -0.3 is 10.6 Å². The zero-order valence-corrected chi connectivity index (χ0v) is 16.1. The summed E-state index contributed by atoms with van der Waals surface area (Å²) in [4.78, 5) is 13.7. The molecule has 1 aromatic heterocycles. The lowest BCUT2D eigenvalue weighted by molar-refractivity contribution is -0.789. The molecule has 0 radical (unpaired) electrons. The van der Waals surface area contributed by atoms with E-state index in [0.29, 0.717) is 21.7 Å². The predicted molar refractivity (Wildman–Crippen MR) is 101 cm³/mol. The van der Waals surface area contributed by atoms with Crippen molar-refractivity contribution >= 4 is 22.2 Å². The van der Waals surface area contributed by atoms with Crippen LogP contribution in [0.2, 0.25) is 0 Å². The highest BCUT2D eigenvalue weighted by atomic mass is 32.1. The Hall–Kier alpha value is -2.67. The van der Waals surface area contributed by atoms with Gasteiger partial charge in [-0.25, -0.2) is 0 Å². The van der Waals surface area contributed by atoms with Gasteiger partial charge in [-0.15, -0.1) is 11.3 Å². The molecule has 0 unspecified atom stereocenters. The molecule has 6 heteroatoms. The van der Waals surface area contributed by atoms with Crippen molar-refractivity contribution in [3.05, 3.63) is 51.4 Å². The first kappa shape index (κ1) is 18.1. The fourth-order valence-corrected chi connectivity index (χ4v) is 5.02. The third-order valence-electron chi connectivity index (χ3n) is 4.59. The zero-order valence-electron chi connectivity index (χ0n) is 15.3. The first-order valence-corrected chi connectivity index (χ1v) is 9.23. The quantitative estimate of drug-likeness (QED) is 0.857. The average molecular weight is 365 g/mol. The Morgan fingerprint density at radius 2 is 1.81 bits per heavy atom. The number of quaternary nitrogens is 1. The normalized spacial score (nSPS) is 16.8. The molecule has 2 heterocycles. The molecule has 1 aliphatic rings. The van der Waals surface area contributed by atoms with Gasteiger partial charge in [-0.05, 0) is 57.5 Å². The molecule has 3 rings (SSSR count). The van der Waals surface area contributed by atoms with Crippen LogP contribution in [0.15, 0.2) is 24.3 Å².